The van der Waals surface area contributed by atoms with Gasteiger partial charge in [-0.25, -0.2) is 0 Å². The molecule has 10 nitrogen and oxygen atoms in total. The summed E-state index contributed by atoms with van der Waals surface area (Å²) in [6.07, 6.45) is 12.5. The number of fused-ring (bicyclic) bond motifs is 3. The molecule has 1 fully saturated rings. The van der Waals surface area contributed by atoms with Crippen LogP contribution in [0.2, 0.25) is 0 Å². The predicted octanol–water partition coefficient (Wildman–Crippen LogP) is 4.06. The largest absolute Gasteiger partial charge is 0.493 e. The Balaban J connectivity index is 1.57. The van der Waals surface area contributed by atoms with Gasteiger partial charge < -0.3 is 34.6 Å². The lowest BCUT2D eigenvalue weighted by Crippen LogP contribution is -2.57. The summed E-state index contributed by atoms with van der Waals surface area (Å²) in [6, 6.07) is 2.38. The summed E-state index contributed by atoms with van der Waals surface area (Å²) in [5.41, 5.74) is 1.23. The number of benzene rings is 1. The molecule has 2 aliphatic heterocycles. The highest BCUT2D eigenvalue weighted by molar-refractivity contribution is 5.96. The average molecular weight is 615 g/mol. The molecule has 0 unspecified atom stereocenters. The van der Waals surface area contributed by atoms with Crippen molar-refractivity contribution in [2.75, 3.05) is 33.4 Å². The van der Waals surface area contributed by atoms with E-state index in [1.807, 2.05) is 0 Å². The van der Waals surface area contributed by atoms with Gasteiger partial charge in [-0.05, 0) is 37.5 Å². The van der Waals surface area contributed by atoms with Gasteiger partial charge in [0, 0.05) is 42.8 Å². The molecule has 44 heavy (non-hydrogen) atoms. The van der Waals surface area contributed by atoms with Gasteiger partial charge in [-0.1, -0.05) is 58.3 Å². The smallest absolute Gasteiger partial charge is 0.247 e. The van der Waals surface area contributed by atoms with E-state index in [0.29, 0.717) is 54.1 Å². The molecule has 4 rings (SSSR count). The maximum atomic E-state index is 13.8. The van der Waals surface area contributed by atoms with Crippen LogP contribution in [0.1, 0.15) is 106 Å². The summed E-state index contributed by atoms with van der Waals surface area (Å²) < 4.78 is 17.7. The van der Waals surface area contributed by atoms with Crippen molar-refractivity contribution in [3.05, 3.63) is 34.9 Å². The number of hydrogen-bond acceptors (Lipinski definition) is 8. The summed E-state index contributed by atoms with van der Waals surface area (Å²) in [5.74, 6) is -0.522. The Kier molecular flexibility index (Phi) is 13.1. The van der Waals surface area contributed by atoms with Crippen molar-refractivity contribution in [2.24, 2.45) is 0 Å². The molecule has 10 heteroatoms. The Morgan fingerprint density at radius 2 is 1.84 bits per heavy atom. The molecule has 5 atom stereocenters. The number of aliphatic hydroxyl groups is 2. The summed E-state index contributed by atoms with van der Waals surface area (Å²) in [6.45, 7) is 2.96. The third-order valence-corrected chi connectivity index (χ3v) is 9.01. The third kappa shape index (κ3) is 8.20. The fourth-order valence-electron chi connectivity index (χ4n) is 6.69. The normalized spacial score (nSPS) is 23.7. The molecule has 0 aromatic heterocycles. The molecule has 0 saturated carbocycles. The first kappa shape index (κ1) is 33.9. The minimum Gasteiger partial charge on any atom is -0.493 e. The van der Waals surface area contributed by atoms with E-state index < -0.39 is 30.1 Å². The van der Waals surface area contributed by atoms with Gasteiger partial charge >= 0.3 is 0 Å². The molecule has 3 N–H and O–H groups in total. The number of aliphatic hydroxyl groups excluding tert-OH is 2. The van der Waals surface area contributed by atoms with Crippen molar-refractivity contribution in [1.29, 1.82) is 0 Å². The van der Waals surface area contributed by atoms with Crippen LogP contribution < -0.4 is 14.8 Å². The highest BCUT2D eigenvalue weighted by Gasteiger charge is 2.51. The van der Waals surface area contributed by atoms with Gasteiger partial charge in [0.1, 0.15) is 18.5 Å². The Hall–Kier alpha value is -2.95. The first-order valence-electron chi connectivity index (χ1n) is 16.5. The Labute approximate surface area is 261 Å². The number of carbonyl (C=O) groups is 3. The zero-order valence-corrected chi connectivity index (χ0v) is 26.3. The van der Waals surface area contributed by atoms with Crippen LogP contribution in [-0.2, 0) is 14.3 Å². The average Bonchev–Trinajstić information content (AvgIpc) is 3.70. The van der Waals surface area contributed by atoms with Crippen LogP contribution in [-0.4, -0.2) is 91.0 Å². The predicted molar refractivity (Wildman–Crippen MR) is 166 cm³/mol. The molecule has 2 amide bonds. The number of unbranched alkanes of at least 4 members (excludes halogenated alkanes) is 8. The zero-order valence-electron chi connectivity index (χ0n) is 26.3. The number of nitrogens with one attached hydrogen (secondary N) is 1. The number of ether oxygens (including phenoxy) is 3. The first-order valence-corrected chi connectivity index (χ1v) is 16.5. The van der Waals surface area contributed by atoms with E-state index >= 15 is 0 Å². The molecule has 1 saturated heterocycles. The van der Waals surface area contributed by atoms with Gasteiger partial charge in [0.2, 0.25) is 11.8 Å². The van der Waals surface area contributed by atoms with Crippen molar-refractivity contribution in [3.8, 4) is 11.5 Å². The van der Waals surface area contributed by atoms with Gasteiger partial charge in [-0.2, -0.15) is 0 Å². The van der Waals surface area contributed by atoms with E-state index in [4.69, 9.17) is 14.2 Å². The lowest BCUT2D eigenvalue weighted by atomic mass is 9.77. The SMILES string of the molecule is CCCCCCCCCCCC(=O)N(C[C@@H]1CCCO1)[C@@H]1C=C(C(=O)NCCO)[C@@H]2c3cc(C=O)cc(OC)c3O[C@@H]2[C@H]1O. The first-order chi connectivity index (χ1) is 21.4. The number of carbonyl (C=O) groups excluding carboxylic acids is 3. The van der Waals surface area contributed by atoms with E-state index in [2.05, 4.69) is 12.2 Å². The van der Waals surface area contributed by atoms with E-state index in [9.17, 15) is 24.6 Å². The molecule has 0 radical (unpaired) electrons. The zero-order chi connectivity index (χ0) is 31.5. The second-order valence-corrected chi connectivity index (χ2v) is 12.2. The van der Waals surface area contributed by atoms with Crippen LogP contribution in [0.15, 0.2) is 23.8 Å². The topological polar surface area (TPSA) is 135 Å². The maximum absolute atomic E-state index is 13.8. The van der Waals surface area contributed by atoms with Crippen LogP contribution in [0.25, 0.3) is 0 Å². The van der Waals surface area contributed by atoms with Gasteiger partial charge in [-0.3, -0.25) is 14.4 Å². The molecule has 244 valence electrons. The van der Waals surface area contributed by atoms with Crippen LogP contribution in [0.3, 0.4) is 0 Å². The van der Waals surface area contributed by atoms with Gasteiger partial charge in [0.05, 0.1) is 31.8 Å². The number of nitrogens with zero attached hydrogens (tertiary/aromatic N) is 1. The Morgan fingerprint density at radius 3 is 2.48 bits per heavy atom. The van der Waals surface area contributed by atoms with Gasteiger partial charge in [0.25, 0.3) is 0 Å². The molecule has 0 spiro atoms. The lowest BCUT2D eigenvalue weighted by Gasteiger charge is -2.41. The lowest BCUT2D eigenvalue weighted by molar-refractivity contribution is -0.139. The molecule has 2 heterocycles. The van der Waals surface area contributed by atoms with Gasteiger partial charge in [-0.15, -0.1) is 0 Å². The van der Waals surface area contributed by atoms with E-state index in [1.165, 1.54) is 45.6 Å². The minimum absolute atomic E-state index is 0.0450. The summed E-state index contributed by atoms with van der Waals surface area (Å²) in [7, 11) is 1.47. The standard InChI is InChI=1S/C34H50N2O8/c1-3-4-5-6-7-8-9-10-11-14-29(39)36(21-24-13-12-17-43-24)27-20-26(34(41)35-15-16-37)30-25-18-23(22-38)19-28(42-2)32(25)44-33(30)31(27)40/h18-20,22,24,27,30-31,33,37,40H,3-17,21H2,1-2H3,(H,35,41)/t24-,27+,30-,31-,33-/m0/s1. The third-order valence-electron chi connectivity index (χ3n) is 9.01. The molecular formula is C34H50N2O8. The van der Waals surface area contributed by atoms with E-state index in [1.54, 1.807) is 23.1 Å². The van der Waals surface area contributed by atoms with Crippen molar-refractivity contribution in [3.63, 3.8) is 0 Å². The van der Waals surface area contributed by atoms with Crippen LogP contribution in [0, 0.1) is 0 Å². The van der Waals surface area contributed by atoms with Gasteiger partial charge in [0.15, 0.2) is 11.5 Å². The second kappa shape index (κ2) is 16.9. The highest BCUT2D eigenvalue weighted by Crippen LogP contribution is 2.51. The van der Waals surface area contributed by atoms with Crippen molar-refractivity contribution in [1.82, 2.24) is 10.2 Å². The summed E-state index contributed by atoms with van der Waals surface area (Å²) in [4.78, 5) is 40.7. The number of hydrogen-bond donors (Lipinski definition) is 3. The number of amides is 2. The number of aldehydes is 1. The molecule has 3 aliphatic rings. The van der Waals surface area contributed by atoms with E-state index in [0.717, 1.165) is 32.1 Å². The molecule has 1 aromatic carbocycles. The molecule has 1 aliphatic carbocycles. The molecule has 0 bridgehead atoms. The van der Waals surface area contributed by atoms with E-state index in [-0.39, 0.29) is 25.2 Å². The highest BCUT2D eigenvalue weighted by atomic mass is 16.5. The number of rotatable bonds is 18. The van der Waals surface area contributed by atoms with Crippen LogP contribution in [0.4, 0.5) is 0 Å². The fraction of sp³-hybridized carbons (Fsp3) is 0.676. The van der Waals surface area contributed by atoms with Crippen molar-refractivity contribution < 1.29 is 38.8 Å². The van der Waals surface area contributed by atoms with Crippen molar-refractivity contribution >= 4 is 18.1 Å². The minimum atomic E-state index is -1.15. The molecule has 1 aromatic rings. The summed E-state index contributed by atoms with van der Waals surface area (Å²) in [5, 5.41) is 23.9. The Bertz CT molecular complexity index is 1150. The molecular weight excluding hydrogens is 564 g/mol. The van der Waals surface area contributed by atoms with Crippen LogP contribution >= 0.6 is 0 Å². The Morgan fingerprint density at radius 1 is 1.11 bits per heavy atom. The second-order valence-electron chi connectivity index (χ2n) is 12.2. The van der Waals surface area contributed by atoms with Crippen molar-refractivity contribution in [2.45, 2.75) is 114 Å². The summed E-state index contributed by atoms with van der Waals surface area (Å²) >= 11 is 0. The number of methoxy groups -OCH3 is 1. The maximum Gasteiger partial charge on any atom is 0.247 e. The fourth-order valence-corrected chi connectivity index (χ4v) is 6.69. The monoisotopic (exact) mass is 614 g/mol. The quantitative estimate of drug-likeness (QED) is 0.167. The van der Waals surface area contributed by atoms with Crippen LogP contribution in [0.5, 0.6) is 11.5 Å².